The van der Waals surface area contributed by atoms with E-state index in [4.69, 9.17) is 0 Å². The van der Waals surface area contributed by atoms with Gasteiger partial charge in [0.1, 0.15) is 21.4 Å². The molecule has 11 heteroatoms. The van der Waals surface area contributed by atoms with Crippen LogP contribution in [0.15, 0.2) is 46.9 Å². The first-order chi connectivity index (χ1) is 14.9. The number of aryl methyl sites for hydroxylation is 1. The summed E-state index contributed by atoms with van der Waals surface area (Å²) in [6.45, 7) is 2.73. The molecule has 1 amide bonds. The van der Waals surface area contributed by atoms with Gasteiger partial charge >= 0.3 is 0 Å². The van der Waals surface area contributed by atoms with Gasteiger partial charge in [0.2, 0.25) is 10.0 Å². The molecule has 1 saturated heterocycles. The van der Waals surface area contributed by atoms with E-state index in [-0.39, 0.29) is 16.3 Å². The Bertz CT molecular complexity index is 1200. The quantitative estimate of drug-likeness (QED) is 0.586. The number of benzene rings is 1. The predicted molar refractivity (Wildman–Crippen MR) is 120 cm³/mol. The fraction of sp³-hybridized carbons (Fsp3) is 0.300. The van der Waals surface area contributed by atoms with Gasteiger partial charge in [-0.05, 0) is 36.1 Å². The lowest BCUT2D eigenvalue weighted by atomic mass is 10.2. The second kappa shape index (κ2) is 9.11. The zero-order valence-electron chi connectivity index (χ0n) is 16.7. The Morgan fingerprint density at radius 1 is 1.26 bits per heavy atom. The zero-order valence-corrected chi connectivity index (χ0v) is 19.2. The molecule has 1 fully saturated rings. The van der Waals surface area contributed by atoms with Crippen molar-refractivity contribution in [2.45, 2.75) is 18.4 Å². The van der Waals surface area contributed by atoms with E-state index in [1.807, 2.05) is 0 Å². The molecule has 2 aromatic heterocycles. The molecule has 31 heavy (non-hydrogen) atoms. The average molecular weight is 481 g/mol. The van der Waals surface area contributed by atoms with Gasteiger partial charge in [-0.1, -0.05) is 6.07 Å². The largest absolute Gasteiger partial charge is 0.347 e. The van der Waals surface area contributed by atoms with Gasteiger partial charge in [0.15, 0.2) is 0 Å². The Hall–Kier alpha value is -2.21. The molecule has 1 N–H and O–H groups in total. The molecule has 1 aliphatic rings. The van der Waals surface area contributed by atoms with E-state index < -0.39 is 21.7 Å². The molecule has 3 heterocycles. The lowest BCUT2D eigenvalue weighted by molar-refractivity contribution is 0.0951. The smallest absolute Gasteiger partial charge is 0.263 e. The minimum absolute atomic E-state index is 0.0269. The lowest BCUT2D eigenvalue weighted by Gasteiger charge is -2.25. The highest BCUT2D eigenvalue weighted by molar-refractivity contribution is 7.99. The van der Waals surface area contributed by atoms with E-state index in [1.165, 1.54) is 16.4 Å². The second-order valence-corrected chi connectivity index (χ2v) is 11.0. The molecule has 4 rings (SSSR count). The van der Waals surface area contributed by atoms with E-state index in [0.29, 0.717) is 30.2 Å². The van der Waals surface area contributed by atoms with Crippen molar-refractivity contribution in [1.29, 1.82) is 0 Å². The van der Waals surface area contributed by atoms with Gasteiger partial charge in [0.05, 0.1) is 5.69 Å². The van der Waals surface area contributed by atoms with Gasteiger partial charge in [-0.2, -0.15) is 16.1 Å². The molecule has 0 atom stereocenters. The first kappa shape index (κ1) is 22.0. The summed E-state index contributed by atoms with van der Waals surface area (Å²) in [5.74, 6) is 1.22. The van der Waals surface area contributed by atoms with Crippen molar-refractivity contribution >= 4 is 39.0 Å². The minimum atomic E-state index is -3.72. The first-order valence-corrected chi connectivity index (χ1v) is 13.1. The monoisotopic (exact) mass is 480 g/mol. The number of hydrogen-bond acceptors (Lipinski definition) is 6. The number of halogens is 1. The van der Waals surface area contributed by atoms with Crippen LogP contribution in [0.2, 0.25) is 0 Å². The van der Waals surface area contributed by atoms with E-state index in [0.717, 1.165) is 22.8 Å². The van der Waals surface area contributed by atoms with Gasteiger partial charge in [-0.15, -0.1) is 11.3 Å². The number of nitrogens with zero attached hydrogens (tertiary/aromatic N) is 3. The molecule has 7 nitrogen and oxygen atoms in total. The Kier molecular flexibility index (Phi) is 6.47. The summed E-state index contributed by atoms with van der Waals surface area (Å²) in [5, 5.41) is 4.31. The highest BCUT2D eigenvalue weighted by atomic mass is 32.2. The van der Waals surface area contributed by atoms with Crippen LogP contribution in [0.1, 0.15) is 21.1 Å². The molecular formula is C20H21FN4O3S3. The topological polar surface area (TPSA) is 84.3 Å². The second-order valence-electron chi connectivity index (χ2n) is 6.94. The number of thiophene rings is 1. The number of carbonyl (C=O) groups excluding carboxylic acids is 1. The summed E-state index contributed by atoms with van der Waals surface area (Å²) < 4.78 is 43.5. The number of aromatic nitrogens is 2. The molecule has 0 aliphatic carbocycles. The van der Waals surface area contributed by atoms with Crippen LogP contribution in [0.25, 0.3) is 5.69 Å². The fourth-order valence-electron chi connectivity index (χ4n) is 3.34. The standard InChI is InChI=1S/C20H21FN4O3S3/c1-14-22-5-6-25(14)17-3-2-15(12-16(17)21)13-23-20(26)19-18(4-9-30-19)31(27,28)24-7-10-29-11-8-24/h2-6,9,12H,7-8,10-11,13H2,1H3,(H,23,26). The van der Waals surface area contributed by atoms with E-state index in [1.54, 1.807) is 53.2 Å². The summed E-state index contributed by atoms with van der Waals surface area (Å²) >= 11 is 2.79. The van der Waals surface area contributed by atoms with Crippen molar-refractivity contribution in [3.8, 4) is 5.69 Å². The number of rotatable bonds is 6. The summed E-state index contributed by atoms with van der Waals surface area (Å²) in [6, 6.07) is 6.17. The van der Waals surface area contributed by atoms with E-state index >= 15 is 0 Å². The minimum Gasteiger partial charge on any atom is -0.347 e. The first-order valence-electron chi connectivity index (χ1n) is 9.60. The number of hydrogen-bond donors (Lipinski definition) is 1. The molecule has 0 radical (unpaired) electrons. The zero-order chi connectivity index (χ0) is 22.0. The van der Waals surface area contributed by atoms with Gasteiger partial charge in [-0.3, -0.25) is 4.79 Å². The van der Waals surface area contributed by atoms with Crippen LogP contribution in [0.3, 0.4) is 0 Å². The number of nitrogens with one attached hydrogen (secondary N) is 1. The van der Waals surface area contributed by atoms with Crippen LogP contribution < -0.4 is 5.32 Å². The van der Waals surface area contributed by atoms with E-state index in [2.05, 4.69) is 10.3 Å². The summed E-state index contributed by atoms with van der Waals surface area (Å²) in [5.41, 5.74) is 0.942. The van der Waals surface area contributed by atoms with Crippen LogP contribution in [-0.4, -0.2) is 52.8 Å². The van der Waals surface area contributed by atoms with E-state index in [9.17, 15) is 17.6 Å². The highest BCUT2D eigenvalue weighted by Gasteiger charge is 2.31. The SMILES string of the molecule is Cc1nccn1-c1ccc(CNC(=O)c2sccc2S(=O)(=O)N2CCSCC2)cc1F. The molecular weight excluding hydrogens is 459 g/mol. The van der Waals surface area contributed by atoms with Crippen molar-refractivity contribution in [3.05, 3.63) is 64.1 Å². The molecule has 0 unspecified atom stereocenters. The Morgan fingerprint density at radius 3 is 2.71 bits per heavy atom. The number of sulfonamides is 1. The Balaban J connectivity index is 1.47. The predicted octanol–water partition coefficient (Wildman–Crippen LogP) is 3.05. The number of amides is 1. The van der Waals surface area contributed by atoms with Crippen molar-refractivity contribution in [1.82, 2.24) is 19.2 Å². The summed E-state index contributed by atoms with van der Waals surface area (Å²) in [6.07, 6.45) is 3.27. The lowest BCUT2D eigenvalue weighted by Crippen LogP contribution is -2.38. The molecule has 0 bridgehead atoms. The van der Waals surface area contributed by atoms with Crippen LogP contribution in [0, 0.1) is 12.7 Å². The highest BCUT2D eigenvalue weighted by Crippen LogP contribution is 2.27. The van der Waals surface area contributed by atoms with Crippen LogP contribution in [0.5, 0.6) is 0 Å². The molecule has 1 aliphatic heterocycles. The van der Waals surface area contributed by atoms with Crippen molar-refractivity contribution in [2.24, 2.45) is 0 Å². The van der Waals surface area contributed by atoms with Crippen LogP contribution in [-0.2, 0) is 16.6 Å². The maximum atomic E-state index is 14.6. The number of thioether (sulfide) groups is 1. The molecule has 0 saturated carbocycles. The third-order valence-electron chi connectivity index (χ3n) is 4.97. The maximum absolute atomic E-state index is 14.6. The summed E-state index contributed by atoms with van der Waals surface area (Å²) in [4.78, 5) is 17.0. The molecule has 164 valence electrons. The Labute approximate surface area is 188 Å². The normalized spacial score (nSPS) is 15.2. The van der Waals surface area contributed by atoms with Gasteiger partial charge in [0.25, 0.3) is 5.91 Å². The molecule has 1 aromatic carbocycles. The molecule has 0 spiro atoms. The maximum Gasteiger partial charge on any atom is 0.263 e. The molecule has 3 aromatic rings. The van der Waals surface area contributed by atoms with Gasteiger partial charge in [-0.25, -0.2) is 17.8 Å². The van der Waals surface area contributed by atoms with Crippen LogP contribution >= 0.6 is 23.1 Å². The third kappa shape index (κ3) is 4.54. The van der Waals surface area contributed by atoms with Crippen molar-refractivity contribution in [2.75, 3.05) is 24.6 Å². The van der Waals surface area contributed by atoms with Gasteiger partial charge in [0, 0.05) is 43.5 Å². The van der Waals surface area contributed by atoms with Crippen molar-refractivity contribution < 1.29 is 17.6 Å². The van der Waals surface area contributed by atoms with Gasteiger partial charge < -0.3 is 9.88 Å². The average Bonchev–Trinajstić information content (AvgIpc) is 3.42. The Morgan fingerprint density at radius 2 is 2.03 bits per heavy atom. The van der Waals surface area contributed by atoms with Crippen LogP contribution in [0.4, 0.5) is 4.39 Å². The van der Waals surface area contributed by atoms with Crippen molar-refractivity contribution in [3.63, 3.8) is 0 Å². The summed E-state index contributed by atoms with van der Waals surface area (Å²) in [7, 11) is -3.72. The third-order valence-corrected chi connectivity index (χ3v) is 8.90. The number of imidazole rings is 1. The fourth-order valence-corrected chi connectivity index (χ4v) is 7.24. The number of carbonyl (C=O) groups is 1.